The summed E-state index contributed by atoms with van der Waals surface area (Å²) >= 11 is 0. The fourth-order valence-electron chi connectivity index (χ4n) is 2.26. The van der Waals surface area contributed by atoms with Gasteiger partial charge >= 0.3 is 5.97 Å². The summed E-state index contributed by atoms with van der Waals surface area (Å²) in [5.41, 5.74) is -0.840. The molecule has 1 atom stereocenters. The van der Waals surface area contributed by atoms with Gasteiger partial charge in [0.05, 0.1) is 12.2 Å². The average molecular weight is 320 g/mol. The van der Waals surface area contributed by atoms with E-state index in [4.69, 9.17) is 5.11 Å². The van der Waals surface area contributed by atoms with Gasteiger partial charge in [0.25, 0.3) is 0 Å². The smallest absolute Gasteiger partial charge is 0.305 e. The summed E-state index contributed by atoms with van der Waals surface area (Å²) in [4.78, 5) is 22.9. The minimum Gasteiger partial charge on any atom is -0.481 e. The number of hydrogen-bond donors (Lipinski definition) is 2. The number of rotatable bonds is 7. The van der Waals surface area contributed by atoms with E-state index in [-0.39, 0.29) is 37.0 Å². The van der Waals surface area contributed by atoms with Gasteiger partial charge in [-0.15, -0.1) is 0 Å². The Morgan fingerprint density at radius 2 is 2.00 bits per heavy atom. The molecule has 1 rings (SSSR count). The average Bonchev–Trinajstić information content (AvgIpc) is 2.64. The first kappa shape index (κ1) is 17.9. The van der Waals surface area contributed by atoms with Crippen molar-refractivity contribution in [1.29, 1.82) is 0 Å². The molecule has 8 heteroatoms. The molecule has 0 aromatic heterocycles. The van der Waals surface area contributed by atoms with Crippen molar-refractivity contribution in [2.24, 2.45) is 5.92 Å². The van der Waals surface area contributed by atoms with Crippen LogP contribution in [0.25, 0.3) is 0 Å². The Hall–Kier alpha value is -1.15. The highest BCUT2D eigenvalue weighted by molar-refractivity contribution is 7.89. The number of nitrogens with one attached hydrogen (secondary N) is 1. The van der Waals surface area contributed by atoms with Crippen LogP contribution in [-0.2, 0) is 19.6 Å². The molecule has 0 aromatic carbocycles. The molecular weight excluding hydrogens is 296 g/mol. The third-order valence-corrected chi connectivity index (χ3v) is 5.97. The van der Waals surface area contributed by atoms with Crippen LogP contribution in [0, 0.1) is 5.92 Å². The van der Waals surface area contributed by atoms with Gasteiger partial charge in [0.1, 0.15) is 0 Å². The zero-order valence-corrected chi connectivity index (χ0v) is 13.6. The van der Waals surface area contributed by atoms with Crippen LogP contribution in [0.3, 0.4) is 0 Å². The van der Waals surface area contributed by atoms with Gasteiger partial charge in [-0.25, -0.2) is 12.7 Å². The molecule has 1 saturated heterocycles. The number of amides is 1. The van der Waals surface area contributed by atoms with Crippen molar-refractivity contribution in [3.63, 3.8) is 0 Å². The van der Waals surface area contributed by atoms with E-state index in [1.54, 1.807) is 6.92 Å². The van der Waals surface area contributed by atoms with E-state index in [9.17, 15) is 18.0 Å². The Kier molecular flexibility index (Phi) is 5.75. The molecule has 0 aromatic rings. The number of carboxylic acid groups (broad SMARTS) is 1. The van der Waals surface area contributed by atoms with E-state index in [1.807, 2.05) is 13.8 Å². The third-order valence-electron chi connectivity index (χ3n) is 4.01. The SMILES string of the molecule is CC(C)C(C)(CC(=O)O)NC(=O)CCN1CCCS1(=O)=O. The van der Waals surface area contributed by atoms with Crippen molar-refractivity contribution in [3.05, 3.63) is 0 Å². The van der Waals surface area contributed by atoms with Crippen molar-refractivity contribution in [1.82, 2.24) is 9.62 Å². The van der Waals surface area contributed by atoms with Crippen molar-refractivity contribution in [2.75, 3.05) is 18.8 Å². The van der Waals surface area contributed by atoms with Crippen LogP contribution in [0.15, 0.2) is 0 Å². The van der Waals surface area contributed by atoms with Crippen molar-refractivity contribution in [2.45, 2.75) is 45.6 Å². The maximum atomic E-state index is 12.0. The molecule has 7 nitrogen and oxygen atoms in total. The molecule has 0 radical (unpaired) electrons. The molecule has 1 amide bonds. The molecule has 0 saturated carbocycles. The van der Waals surface area contributed by atoms with E-state index < -0.39 is 21.5 Å². The van der Waals surface area contributed by atoms with E-state index in [2.05, 4.69) is 5.32 Å². The molecule has 0 spiro atoms. The molecule has 0 bridgehead atoms. The fraction of sp³-hybridized carbons (Fsp3) is 0.846. The Balaban J connectivity index is 2.57. The lowest BCUT2D eigenvalue weighted by atomic mass is 9.85. The van der Waals surface area contributed by atoms with Gasteiger partial charge in [-0.1, -0.05) is 13.8 Å². The summed E-state index contributed by atoms with van der Waals surface area (Å²) in [6.45, 7) is 5.97. The van der Waals surface area contributed by atoms with Gasteiger partial charge in [-0.05, 0) is 19.3 Å². The Bertz CT molecular complexity index is 503. The quantitative estimate of drug-likeness (QED) is 0.707. The molecule has 1 heterocycles. The van der Waals surface area contributed by atoms with Crippen LogP contribution < -0.4 is 5.32 Å². The van der Waals surface area contributed by atoms with Crippen molar-refractivity contribution in [3.8, 4) is 0 Å². The number of aliphatic carboxylic acids is 1. The second-order valence-electron chi connectivity index (χ2n) is 6.01. The molecule has 1 fully saturated rings. The Morgan fingerprint density at radius 3 is 2.43 bits per heavy atom. The summed E-state index contributed by atoms with van der Waals surface area (Å²) in [5.74, 6) is -1.21. The first-order valence-corrected chi connectivity index (χ1v) is 8.68. The lowest BCUT2D eigenvalue weighted by Crippen LogP contribution is -2.51. The van der Waals surface area contributed by atoms with Gasteiger partial charge in [-0.3, -0.25) is 9.59 Å². The number of carbonyl (C=O) groups excluding carboxylic acids is 1. The minimum absolute atomic E-state index is 0.0428. The van der Waals surface area contributed by atoms with Crippen LogP contribution >= 0.6 is 0 Å². The van der Waals surface area contributed by atoms with Gasteiger partial charge < -0.3 is 10.4 Å². The van der Waals surface area contributed by atoms with Crippen LogP contribution in [0.4, 0.5) is 0 Å². The van der Waals surface area contributed by atoms with Crippen LogP contribution in [0.2, 0.25) is 0 Å². The first-order valence-electron chi connectivity index (χ1n) is 7.07. The molecule has 0 aliphatic carbocycles. The van der Waals surface area contributed by atoms with E-state index in [0.29, 0.717) is 13.0 Å². The third kappa shape index (κ3) is 4.96. The summed E-state index contributed by atoms with van der Waals surface area (Å²) in [6.07, 6.45) is 0.465. The number of nitrogens with zero attached hydrogens (tertiary/aromatic N) is 1. The number of sulfonamides is 1. The molecule has 1 aliphatic heterocycles. The molecular formula is C13H24N2O5S. The largest absolute Gasteiger partial charge is 0.481 e. The fourth-order valence-corrected chi connectivity index (χ4v) is 3.79. The molecule has 1 unspecified atom stereocenters. The van der Waals surface area contributed by atoms with Gasteiger partial charge in [-0.2, -0.15) is 0 Å². The standard InChI is InChI=1S/C13H24N2O5S/c1-10(2)13(3,9-12(17)18)14-11(16)5-7-15-6-4-8-21(15,19)20/h10H,4-9H2,1-3H3,(H,14,16)(H,17,18). The predicted octanol–water partition coefficient (Wildman–Crippen LogP) is 0.418. The van der Waals surface area contributed by atoms with Crippen LogP contribution in [-0.4, -0.2) is 54.1 Å². The highest BCUT2D eigenvalue weighted by atomic mass is 32.2. The molecule has 1 aliphatic rings. The number of hydrogen-bond acceptors (Lipinski definition) is 4. The Labute approximate surface area is 125 Å². The second-order valence-corrected chi connectivity index (χ2v) is 8.10. The zero-order valence-electron chi connectivity index (χ0n) is 12.8. The lowest BCUT2D eigenvalue weighted by Gasteiger charge is -2.33. The number of carbonyl (C=O) groups is 2. The maximum absolute atomic E-state index is 12.0. The lowest BCUT2D eigenvalue weighted by molar-refractivity contribution is -0.139. The normalized spacial score (nSPS) is 21.1. The highest BCUT2D eigenvalue weighted by Crippen LogP contribution is 2.21. The van der Waals surface area contributed by atoms with Gasteiger partial charge in [0.15, 0.2) is 0 Å². The predicted molar refractivity (Wildman–Crippen MR) is 78.2 cm³/mol. The molecule has 21 heavy (non-hydrogen) atoms. The monoisotopic (exact) mass is 320 g/mol. The highest BCUT2D eigenvalue weighted by Gasteiger charge is 2.33. The second kappa shape index (κ2) is 6.74. The Morgan fingerprint density at radius 1 is 1.38 bits per heavy atom. The van der Waals surface area contributed by atoms with Gasteiger partial charge in [0.2, 0.25) is 15.9 Å². The zero-order chi connectivity index (χ0) is 16.3. The van der Waals surface area contributed by atoms with Crippen LogP contribution in [0.1, 0.15) is 40.0 Å². The number of carboxylic acids is 1. The van der Waals surface area contributed by atoms with E-state index in [1.165, 1.54) is 4.31 Å². The van der Waals surface area contributed by atoms with Crippen molar-refractivity contribution < 1.29 is 23.1 Å². The topological polar surface area (TPSA) is 104 Å². The molecule has 122 valence electrons. The summed E-state index contributed by atoms with van der Waals surface area (Å²) in [7, 11) is -3.20. The van der Waals surface area contributed by atoms with E-state index >= 15 is 0 Å². The van der Waals surface area contributed by atoms with Crippen LogP contribution in [0.5, 0.6) is 0 Å². The maximum Gasteiger partial charge on any atom is 0.305 e. The minimum atomic E-state index is -3.20. The molecule has 2 N–H and O–H groups in total. The van der Waals surface area contributed by atoms with E-state index in [0.717, 1.165) is 0 Å². The van der Waals surface area contributed by atoms with Gasteiger partial charge in [0, 0.05) is 25.0 Å². The van der Waals surface area contributed by atoms with Crippen molar-refractivity contribution >= 4 is 21.9 Å². The summed E-state index contributed by atoms with van der Waals surface area (Å²) in [6, 6.07) is 0. The summed E-state index contributed by atoms with van der Waals surface area (Å²) < 4.78 is 24.6. The summed E-state index contributed by atoms with van der Waals surface area (Å²) in [5, 5.41) is 11.7. The first-order chi connectivity index (χ1) is 9.57.